The molecule has 1 aliphatic rings. The molecule has 3 rings (SSSR count). The summed E-state index contributed by atoms with van der Waals surface area (Å²) in [6.45, 7) is 5.55. The van der Waals surface area contributed by atoms with Crippen LogP contribution in [0.4, 0.5) is 0 Å². The van der Waals surface area contributed by atoms with E-state index in [0.717, 1.165) is 6.54 Å². The van der Waals surface area contributed by atoms with Crippen LogP contribution >= 0.6 is 0 Å². The maximum atomic E-state index is 2.52. The van der Waals surface area contributed by atoms with Crippen molar-refractivity contribution in [1.82, 2.24) is 4.57 Å². The largest absolute Gasteiger partial charge is 0.345 e. The Balaban J connectivity index is 2.37. The second-order valence-corrected chi connectivity index (χ2v) is 4.90. The highest BCUT2D eigenvalue weighted by molar-refractivity contribution is 5.86. The SMILES string of the molecule is CCn1c2c(c3ccc(C)cc31)CCCC2. The third-order valence-corrected chi connectivity index (χ3v) is 3.85. The summed E-state index contributed by atoms with van der Waals surface area (Å²) in [5.74, 6) is 0. The summed E-state index contributed by atoms with van der Waals surface area (Å²) in [6, 6.07) is 6.91. The third kappa shape index (κ3) is 1.31. The quantitative estimate of drug-likeness (QED) is 0.678. The van der Waals surface area contributed by atoms with Crippen LogP contribution in [0.5, 0.6) is 0 Å². The molecule has 0 aliphatic heterocycles. The molecule has 1 nitrogen and oxygen atoms in total. The van der Waals surface area contributed by atoms with Crippen molar-refractivity contribution in [3.63, 3.8) is 0 Å². The van der Waals surface area contributed by atoms with Crippen LogP contribution in [0.2, 0.25) is 0 Å². The van der Waals surface area contributed by atoms with Crippen molar-refractivity contribution in [3.8, 4) is 0 Å². The van der Waals surface area contributed by atoms with Gasteiger partial charge >= 0.3 is 0 Å². The standard InChI is InChI=1S/C15H19N/c1-3-16-14-7-5-4-6-12(14)13-9-8-11(2)10-15(13)16/h8-10H,3-7H2,1-2H3. The van der Waals surface area contributed by atoms with E-state index in [1.54, 1.807) is 11.3 Å². The molecule has 0 radical (unpaired) electrons. The molecule has 1 aliphatic carbocycles. The molecule has 0 spiro atoms. The fourth-order valence-corrected chi connectivity index (χ4v) is 3.10. The predicted octanol–water partition coefficient (Wildman–Crippen LogP) is 3.85. The van der Waals surface area contributed by atoms with E-state index in [1.165, 1.54) is 42.1 Å². The van der Waals surface area contributed by atoms with Crippen molar-refractivity contribution >= 4 is 10.9 Å². The van der Waals surface area contributed by atoms with Crippen LogP contribution in [0.3, 0.4) is 0 Å². The van der Waals surface area contributed by atoms with Crippen molar-refractivity contribution < 1.29 is 0 Å². The molecule has 0 atom stereocenters. The molecule has 1 heterocycles. The summed E-state index contributed by atoms with van der Waals surface area (Å²) in [4.78, 5) is 0. The number of fused-ring (bicyclic) bond motifs is 3. The second-order valence-electron chi connectivity index (χ2n) is 4.90. The van der Waals surface area contributed by atoms with Crippen molar-refractivity contribution in [2.45, 2.75) is 46.1 Å². The molecule has 0 saturated heterocycles. The minimum absolute atomic E-state index is 1.11. The Bertz CT molecular complexity index is 534. The van der Waals surface area contributed by atoms with Gasteiger partial charge in [0.15, 0.2) is 0 Å². The van der Waals surface area contributed by atoms with Gasteiger partial charge < -0.3 is 4.57 Å². The lowest BCUT2D eigenvalue weighted by Crippen LogP contribution is -2.07. The molecule has 0 saturated carbocycles. The number of hydrogen-bond donors (Lipinski definition) is 0. The Kier molecular flexibility index (Phi) is 2.27. The van der Waals surface area contributed by atoms with E-state index in [2.05, 4.69) is 36.6 Å². The maximum Gasteiger partial charge on any atom is 0.0487 e. The lowest BCUT2D eigenvalue weighted by atomic mass is 9.95. The van der Waals surface area contributed by atoms with Gasteiger partial charge in [-0.1, -0.05) is 12.1 Å². The van der Waals surface area contributed by atoms with E-state index in [9.17, 15) is 0 Å². The number of hydrogen-bond acceptors (Lipinski definition) is 0. The zero-order valence-electron chi connectivity index (χ0n) is 10.2. The molecule has 16 heavy (non-hydrogen) atoms. The number of aryl methyl sites for hydroxylation is 3. The van der Waals surface area contributed by atoms with E-state index in [1.807, 2.05) is 0 Å². The van der Waals surface area contributed by atoms with Gasteiger partial charge in [-0.3, -0.25) is 0 Å². The first-order valence-corrected chi connectivity index (χ1v) is 6.42. The summed E-state index contributed by atoms with van der Waals surface area (Å²) in [6.07, 6.45) is 5.28. The number of nitrogens with zero attached hydrogens (tertiary/aromatic N) is 1. The first kappa shape index (κ1) is 9.95. The van der Waals surface area contributed by atoms with Crippen LogP contribution in [0.15, 0.2) is 18.2 Å². The molecular formula is C15H19N. The average Bonchev–Trinajstić information content (AvgIpc) is 2.61. The molecule has 1 aromatic carbocycles. The fourth-order valence-electron chi connectivity index (χ4n) is 3.10. The summed E-state index contributed by atoms with van der Waals surface area (Å²) in [5, 5.41) is 1.50. The summed E-state index contributed by atoms with van der Waals surface area (Å²) >= 11 is 0. The molecule has 0 fully saturated rings. The van der Waals surface area contributed by atoms with Gasteiger partial charge in [0.2, 0.25) is 0 Å². The normalized spacial score (nSPS) is 15.4. The van der Waals surface area contributed by atoms with E-state index >= 15 is 0 Å². The Labute approximate surface area is 97.1 Å². The van der Waals surface area contributed by atoms with Crippen LogP contribution in [0.25, 0.3) is 10.9 Å². The number of rotatable bonds is 1. The maximum absolute atomic E-state index is 2.52. The number of aromatic nitrogens is 1. The highest BCUT2D eigenvalue weighted by Crippen LogP contribution is 2.32. The Morgan fingerprint density at radius 1 is 1.19 bits per heavy atom. The van der Waals surface area contributed by atoms with Crippen LogP contribution in [-0.4, -0.2) is 4.57 Å². The van der Waals surface area contributed by atoms with Crippen LogP contribution in [0.1, 0.15) is 36.6 Å². The molecule has 1 aromatic heterocycles. The van der Waals surface area contributed by atoms with Crippen molar-refractivity contribution in [2.75, 3.05) is 0 Å². The number of benzene rings is 1. The molecular weight excluding hydrogens is 194 g/mol. The smallest absolute Gasteiger partial charge is 0.0487 e. The van der Waals surface area contributed by atoms with Gasteiger partial charge in [-0.15, -0.1) is 0 Å². The van der Waals surface area contributed by atoms with Gasteiger partial charge in [0, 0.05) is 23.1 Å². The zero-order chi connectivity index (χ0) is 11.1. The first-order chi connectivity index (χ1) is 7.81. The van der Waals surface area contributed by atoms with Crippen molar-refractivity contribution in [2.24, 2.45) is 0 Å². The summed E-state index contributed by atoms with van der Waals surface area (Å²) < 4.78 is 2.52. The van der Waals surface area contributed by atoms with Crippen molar-refractivity contribution in [3.05, 3.63) is 35.0 Å². The molecule has 84 valence electrons. The lowest BCUT2D eigenvalue weighted by Gasteiger charge is -2.14. The van der Waals surface area contributed by atoms with Crippen LogP contribution in [-0.2, 0) is 19.4 Å². The molecule has 2 aromatic rings. The fraction of sp³-hybridized carbons (Fsp3) is 0.467. The van der Waals surface area contributed by atoms with Gasteiger partial charge in [-0.25, -0.2) is 0 Å². The molecule has 0 amide bonds. The van der Waals surface area contributed by atoms with Crippen LogP contribution < -0.4 is 0 Å². The van der Waals surface area contributed by atoms with E-state index in [4.69, 9.17) is 0 Å². The highest BCUT2D eigenvalue weighted by atomic mass is 15.0. The first-order valence-electron chi connectivity index (χ1n) is 6.42. The monoisotopic (exact) mass is 213 g/mol. The average molecular weight is 213 g/mol. The Morgan fingerprint density at radius 2 is 2.00 bits per heavy atom. The van der Waals surface area contributed by atoms with Gasteiger partial charge in [0.05, 0.1) is 0 Å². The van der Waals surface area contributed by atoms with Gasteiger partial charge in [0.25, 0.3) is 0 Å². The topological polar surface area (TPSA) is 4.93 Å². The minimum atomic E-state index is 1.11. The molecule has 0 unspecified atom stereocenters. The molecule has 0 bridgehead atoms. The van der Waals surface area contributed by atoms with E-state index < -0.39 is 0 Å². The highest BCUT2D eigenvalue weighted by Gasteiger charge is 2.18. The molecule has 0 N–H and O–H groups in total. The molecule has 1 heteroatoms. The lowest BCUT2D eigenvalue weighted by molar-refractivity contribution is 0.630. The second kappa shape index (κ2) is 3.65. The Morgan fingerprint density at radius 3 is 2.81 bits per heavy atom. The minimum Gasteiger partial charge on any atom is -0.345 e. The summed E-state index contributed by atoms with van der Waals surface area (Å²) in [5.41, 5.74) is 6.06. The van der Waals surface area contributed by atoms with E-state index in [0.29, 0.717) is 0 Å². The van der Waals surface area contributed by atoms with E-state index in [-0.39, 0.29) is 0 Å². The van der Waals surface area contributed by atoms with Gasteiger partial charge in [-0.05, 0) is 56.7 Å². The Hall–Kier alpha value is -1.24. The third-order valence-electron chi connectivity index (χ3n) is 3.85. The van der Waals surface area contributed by atoms with Gasteiger partial charge in [0.1, 0.15) is 0 Å². The predicted molar refractivity (Wildman–Crippen MR) is 69.0 cm³/mol. The zero-order valence-corrected chi connectivity index (χ0v) is 10.2. The summed E-state index contributed by atoms with van der Waals surface area (Å²) in [7, 11) is 0. The van der Waals surface area contributed by atoms with Crippen LogP contribution in [0, 0.1) is 6.92 Å². The van der Waals surface area contributed by atoms with Crippen molar-refractivity contribution in [1.29, 1.82) is 0 Å². The van der Waals surface area contributed by atoms with Gasteiger partial charge in [-0.2, -0.15) is 0 Å².